The lowest BCUT2D eigenvalue weighted by atomic mass is 10.1. The number of aliphatic imine (C=N–C) groups is 1. The van der Waals surface area contributed by atoms with Gasteiger partial charge in [-0.25, -0.2) is 0 Å². The number of carbonyl (C=O) groups is 2. The first-order valence-corrected chi connectivity index (χ1v) is 6.84. The molecule has 3 N–H and O–H groups in total. The van der Waals surface area contributed by atoms with Gasteiger partial charge in [0, 0.05) is 24.2 Å². The fourth-order valence-corrected chi connectivity index (χ4v) is 2.63. The van der Waals surface area contributed by atoms with Crippen molar-refractivity contribution in [1.29, 1.82) is 0 Å². The van der Waals surface area contributed by atoms with Crippen molar-refractivity contribution in [3.05, 3.63) is 33.9 Å². The fraction of sp³-hybridized carbons (Fsp3) is 0.250. The Morgan fingerprint density at radius 2 is 2.29 bits per heavy atom. The van der Waals surface area contributed by atoms with Crippen molar-refractivity contribution in [2.75, 3.05) is 5.32 Å². The van der Waals surface area contributed by atoms with Crippen molar-refractivity contribution in [2.45, 2.75) is 18.6 Å². The van der Waals surface area contributed by atoms with Crippen LogP contribution >= 0.6 is 11.8 Å². The van der Waals surface area contributed by atoms with E-state index >= 15 is 0 Å². The lowest BCUT2D eigenvalue weighted by Gasteiger charge is -2.10. The number of hydrogen-bond donors (Lipinski definition) is 2. The lowest BCUT2D eigenvalue weighted by molar-refractivity contribution is -0.384. The van der Waals surface area contributed by atoms with Crippen molar-refractivity contribution in [3.8, 4) is 0 Å². The van der Waals surface area contributed by atoms with Gasteiger partial charge < -0.3 is 11.1 Å². The highest BCUT2D eigenvalue weighted by molar-refractivity contribution is 8.15. The van der Waals surface area contributed by atoms with Crippen LogP contribution in [-0.4, -0.2) is 27.2 Å². The van der Waals surface area contributed by atoms with Crippen LogP contribution in [-0.2, 0) is 9.59 Å². The standard InChI is InChI=1S/C12H12N4O4S/c1-6-4-7(16(19)20)2-3-8(6)14-10(17)5-9-11(18)15-12(13)21-9/h2-4,9H,5H2,1H3,(H,14,17)(H2,13,15,18). The molecule has 0 bridgehead atoms. The van der Waals surface area contributed by atoms with E-state index in [2.05, 4.69) is 10.3 Å². The van der Waals surface area contributed by atoms with Crippen LogP contribution in [0.2, 0.25) is 0 Å². The van der Waals surface area contributed by atoms with Crippen LogP contribution in [0.15, 0.2) is 23.2 Å². The minimum Gasteiger partial charge on any atom is -0.378 e. The zero-order valence-electron chi connectivity index (χ0n) is 11.0. The summed E-state index contributed by atoms with van der Waals surface area (Å²) >= 11 is 1.05. The third kappa shape index (κ3) is 3.57. The Morgan fingerprint density at radius 1 is 1.57 bits per heavy atom. The number of amides is 2. The van der Waals surface area contributed by atoms with Gasteiger partial charge in [-0.15, -0.1) is 0 Å². The van der Waals surface area contributed by atoms with Gasteiger partial charge in [0.1, 0.15) is 5.25 Å². The van der Waals surface area contributed by atoms with Crippen LogP contribution in [0.1, 0.15) is 12.0 Å². The summed E-state index contributed by atoms with van der Waals surface area (Å²) in [6, 6.07) is 4.13. The summed E-state index contributed by atoms with van der Waals surface area (Å²) in [7, 11) is 0. The Balaban J connectivity index is 2.00. The second kappa shape index (κ2) is 5.92. The van der Waals surface area contributed by atoms with E-state index in [1.807, 2.05) is 0 Å². The number of hydrogen-bond acceptors (Lipinski definition) is 6. The smallest absolute Gasteiger partial charge is 0.269 e. The van der Waals surface area contributed by atoms with E-state index in [1.165, 1.54) is 18.2 Å². The zero-order valence-corrected chi connectivity index (χ0v) is 11.8. The number of nitro benzene ring substituents is 1. The highest BCUT2D eigenvalue weighted by Crippen LogP contribution is 2.25. The number of nitrogens with two attached hydrogens (primary N) is 1. The number of nitrogens with one attached hydrogen (secondary N) is 1. The molecule has 1 atom stereocenters. The summed E-state index contributed by atoms with van der Waals surface area (Å²) in [5.74, 6) is -0.796. The van der Waals surface area contributed by atoms with Gasteiger partial charge in [0.15, 0.2) is 5.17 Å². The second-order valence-electron chi connectivity index (χ2n) is 4.40. The van der Waals surface area contributed by atoms with Gasteiger partial charge in [0.2, 0.25) is 5.91 Å². The molecule has 1 aromatic rings. The molecule has 0 aliphatic carbocycles. The third-order valence-corrected chi connectivity index (χ3v) is 3.81. The van der Waals surface area contributed by atoms with Gasteiger partial charge in [0.05, 0.1) is 4.92 Å². The number of nitrogens with zero attached hydrogens (tertiary/aromatic N) is 2. The monoisotopic (exact) mass is 308 g/mol. The molecule has 0 radical (unpaired) electrons. The van der Waals surface area contributed by atoms with E-state index in [0.717, 1.165) is 11.8 Å². The topological polar surface area (TPSA) is 128 Å². The van der Waals surface area contributed by atoms with Crippen LogP contribution in [0.4, 0.5) is 11.4 Å². The van der Waals surface area contributed by atoms with Crippen molar-refractivity contribution >= 4 is 40.1 Å². The van der Waals surface area contributed by atoms with Crippen molar-refractivity contribution < 1.29 is 14.5 Å². The number of thioether (sulfide) groups is 1. The Kier molecular flexibility index (Phi) is 4.22. The minimum atomic E-state index is -0.608. The van der Waals surface area contributed by atoms with Crippen molar-refractivity contribution in [1.82, 2.24) is 0 Å². The molecule has 0 aromatic heterocycles. The van der Waals surface area contributed by atoms with Gasteiger partial charge in [-0.1, -0.05) is 11.8 Å². The Hall–Kier alpha value is -2.42. The van der Waals surface area contributed by atoms with Crippen LogP contribution < -0.4 is 11.1 Å². The van der Waals surface area contributed by atoms with Gasteiger partial charge in [-0.2, -0.15) is 4.99 Å². The molecule has 1 unspecified atom stereocenters. The molecule has 1 heterocycles. The molecule has 8 nitrogen and oxygen atoms in total. The predicted molar refractivity (Wildman–Crippen MR) is 79.1 cm³/mol. The minimum absolute atomic E-state index is 0.0480. The normalized spacial score (nSPS) is 17.5. The summed E-state index contributed by atoms with van der Waals surface area (Å²) in [4.78, 5) is 37.0. The number of aryl methyl sites for hydroxylation is 1. The maximum Gasteiger partial charge on any atom is 0.269 e. The molecular weight excluding hydrogens is 296 g/mol. The first-order chi connectivity index (χ1) is 9.86. The van der Waals surface area contributed by atoms with Crippen molar-refractivity contribution in [3.63, 3.8) is 0 Å². The molecule has 1 aromatic carbocycles. The van der Waals surface area contributed by atoms with Crippen LogP contribution in [0.3, 0.4) is 0 Å². The van der Waals surface area contributed by atoms with E-state index in [4.69, 9.17) is 5.73 Å². The van der Waals surface area contributed by atoms with E-state index in [1.54, 1.807) is 6.92 Å². The number of nitro groups is 1. The first-order valence-electron chi connectivity index (χ1n) is 5.96. The van der Waals surface area contributed by atoms with E-state index in [-0.39, 0.29) is 23.2 Å². The molecule has 2 amide bonds. The Morgan fingerprint density at radius 3 is 2.81 bits per heavy atom. The van der Waals surface area contributed by atoms with E-state index in [9.17, 15) is 19.7 Å². The number of anilines is 1. The maximum absolute atomic E-state index is 11.9. The zero-order chi connectivity index (χ0) is 15.6. The molecule has 0 fully saturated rings. The summed E-state index contributed by atoms with van der Waals surface area (Å²) in [6.07, 6.45) is -0.0515. The van der Waals surface area contributed by atoms with Gasteiger partial charge in [0.25, 0.3) is 11.6 Å². The molecule has 0 saturated heterocycles. The first kappa shape index (κ1) is 15.0. The highest BCUT2D eigenvalue weighted by Gasteiger charge is 2.29. The number of benzene rings is 1. The van der Waals surface area contributed by atoms with Gasteiger partial charge in [-0.3, -0.25) is 19.7 Å². The average Bonchev–Trinajstić information content (AvgIpc) is 2.70. The Bertz CT molecular complexity index is 659. The summed E-state index contributed by atoms with van der Waals surface area (Å²) in [5.41, 5.74) is 6.40. The molecule has 0 spiro atoms. The summed E-state index contributed by atoms with van der Waals surface area (Å²) in [6.45, 7) is 1.65. The second-order valence-corrected chi connectivity index (χ2v) is 5.63. The number of carbonyl (C=O) groups excluding carboxylic acids is 2. The van der Waals surface area contributed by atoms with Crippen LogP contribution in [0.25, 0.3) is 0 Å². The summed E-state index contributed by atoms with van der Waals surface area (Å²) in [5, 5.41) is 12.8. The highest BCUT2D eigenvalue weighted by atomic mass is 32.2. The molecule has 0 saturated carbocycles. The van der Waals surface area contributed by atoms with Crippen molar-refractivity contribution in [2.24, 2.45) is 10.7 Å². The third-order valence-electron chi connectivity index (χ3n) is 2.82. The predicted octanol–water partition coefficient (Wildman–Crippen LogP) is 1.19. The lowest BCUT2D eigenvalue weighted by Crippen LogP contribution is -2.22. The molecule has 21 heavy (non-hydrogen) atoms. The van der Waals surface area contributed by atoms with Gasteiger partial charge >= 0.3 is 0 Å². The van der Waals surface area contributed by atoms with Crippen LogP contribution in [0.5, 0.6) is 0 Å². The SMILES string of the molecule is Cc1cc([N+](=O)[O-])ccc1NC(=O)CC1SC(N)=NC1=O. The van der Waals surface area contributed by atoms with Crippen LogP contribution in [0, 0.1) is 17.0 Å². The molecular formula is C12H12N4O4S. The number of non-ortho nitro benzene ring substituents is 1. The number of amidine groups is 1. The summed E-state index contributed by atoms with van der Waals surface area (Å²) < 4.78 is 0. The average molecular weight is 308 g/mol. The Labute approximate surface area is 123 Å². The van der Waals surface area contributed by atoms with E-state index in [0.29, 0.717) is 11.3 Å². The molecule has 9 heteroatoms. The number of rotatable bonds is 4. The maximum atomic E-state index is 11.9. The molecule has 1 aliphatic heterocycles. The van der Waals surface area contributed by atoms with Gasteiger partial charge in [-0.05, 0) is 18.6 Å². The largest absolute Gasteiger partial charge is 0.378 e. The quantitative estimate of drug-likeness (QED) is 0.635. The fourth-order valence-electron chi connectivity index (χ4n) is 1.80. The molecule has 110 valence electrons. The van der Waals surface area contributed by atoms with E-state index < -0.39 is 16.1 Å². The molecule has 2 rings (SSSR count). The molecule has 1 aliphatic rings.